The molecule has 0 fully saturated rings. The molecule has 0 radical (unpaired) electrons. The maximum atomic E-state index is 12.3. The monoisotopic (exact) mass is 392 g/mol. The van der Waals surface area contributed by atoms with E-state index < -0.39 is 0 Å². The van der Waals surface area contributed by atoms with E-state index in [1.807, 2.05) is 30.3 Å². The lowest BCUT2D eigenvalue weighted by atomic mass is 10.1. The number of hydrogen-bond acceptors (Lipinski definition) is 5. The molecule has 6 heteroatoms. The van der Waals surface area contributed by atoms with Gasteiger partial charge in [0.2, 0.25) is 0 Å². The molecule has 0 aliphatic heterocycles. The lowest BCUT2D eigenvalue weighted by Crippen LogP contribution is -2.08. The standard InChI is InChI=1S/C20H25ClN2O2S/c1-3-4-5-6-8-11-15(2)26-20(24)25-17-14-18(21)22-23-19(17)16-12-9-7-10-13-16/h7,9-10,12-15H,3-6,8,11H2,1-2H3. The van der Waals surface area contributed by atoms with Crippen molar-refractivity contribution in [2.45, 2.75) is 57.6 Å². The van der Waals surface area contributed by atoms with Crippen LogP contribution in [0.3, 0.4) is 0 Å². The van der Waals surface area contributed by atoms with Crippen molar-refractivity contribution in [2.24, 2.45) is 0 Å². The molecule has 0 amide bonds. The van der Waals surface area contributed by atoms with Gasteiger partial charge in [-0.2, -0.15) is 0 Å². The molecule has 0 aliphatic rings. The summed E-state index contributed by atoms with van der Waals surface area (Å²) in [4.78, 5) is 12.3. The number of aromatic nitrogens is 2. The molecule has 2 aromatic rings. The highest BCUT2D eigenvalue weighted by Gasteiger charge is 2.17. The fourth-order valence-electron chi connectivity index (χ4n) is 2.60. The molecule has 1 heterocycles. The first-order valence-corrected chi connectivity index (χ1v) is 10.3. The normalized spacial score (nSPS) is 12.0. The van der Waals surface area contributed by atoms with Crippen molar-refractivity contribution in [1.82, 2.24) is 10.2 Å². The van der Waals surface area contributed by atoms with Crippen LogP contribution in [-0.2, 0) is 0 Å². The number of carbonyl (C=O) groups is 1. The zero-order valence-electron chi connectivity index (χ0n) is 15.3. The van der Waals surface area contributed by atoms with Gasteiger partial charge in [0.1, 0.15) is 5.69 Å². The second kappa shape index (κ2) is 11.2. The van der Waals surface area contributed by atoms with E-state index >= 15 is 0 Å². The maximum Gasteiger partial charge on any atom is 0.373 e. The van der Waals surface area contributed by atoms with Crippen LogP contribution in [0.5, 0.6) is 5.75 Å². The highest BCUT2D eigenvalue weighted by molar-refractivity contribution is 8.13. The molecule has 0 saturated carbocycles. The van der Waals surface area contributed by atoms with E-state index in [9.17, 15) is 4.79 Å². The minimum atomic E-state index is -0.340. The second-order valence-electron chi connectivity index (χ2n) is 6.23. The molecule has 1 atom stereocenters. The van der Waals surface area contributed by atoms with Crippen LogP contribution >= 0.6 is 23.4 Å². The van der Waals surface area contributed by atoms with Crippen molar-refractivity contribution < 1.29 is 9.53 Å². The van der Waals surface area contributed by atoms with Gasteiger partial charge in [-0.25, -0.2) is 4.79 Å². The Hall–Kier alpha value is -1.59. The predicted octanol–water partition coefficient (Wildman–Crippen LogP) is 6.78. The molecule has 0 saturated heterocycles. The molecule has 0 N–H and O–H groups in total. The first-order chi connectivity index (χ1) is 12.6. The second-order valence-corrected chi connectivity index (χ2v) is 7.99. The van der Waals surface area contributed by atoms with E-state index in [1.165, 1.54) is 43.5 Å². The van der Waals surface area contributed by atoms with E-state index in [0.717, 1.165) is 18.4 Å². The summed E-state index contributed by atoms with van der Waals surface area (Å²) < 4.78 is 5.53. The highest BCUT2D eigenvalue weighted by Crippen LogP contribution is 2.31. The number of thioether (sulfide) groups is 1. The van der Waals surface area contributed by atoms with E-state index in [0.29, 0.717) is 11.4 Å². The third kappa shape index (κ3) is 6.96. The number of nitrogens with zero attached hydrogens (tertiary/aromatic N) is 2. The lowest BCUT2D eigenvalue weighted by Gasteiger charge is -2.12. The molecule has 140 valence electrons. The summed E-state index contributed by atoms with van der Waals surface area (Å²) >= 11 is 7.15. The van der Waals surface area contributed by atoms with Crippen molar-refractivity contribution in [3.63, 3.8) is 0 Å². The first-order valence-electron chi connectivity index (χ1n) is 9.07. The average Bonchev–Trinajstić information content (AvgIpc) is 2.62. The number of carbonyl (C=O) groups excluding carboxylic acids is 1. The van der Waals surface area contributed by atoms with Crippen LogP contribution in [0.1, 0.15) is 52.4 Å². The van der Waals surface area contributed by atoms with Crippen molar-refractivity contribution in [1.29, 1.82) is 0 Å². The summed E-state index contributed by atoms with van der Waals surface area (Å²) in [5.74, 6) is 0.337. The summed E-state index contributed by atoms with van der Waals surface area (Å²) in [6, 6.07) is 11.0. The van der Waals surface area contributed by atoms with Crippen LogP contribution in [0.25, 0.3) is 11.3 Å². The molecule has 1 aromatic heterocycles. The summed E-state index contributed by atoms with van der Waals surface area (Å²) in [6.07, 6.45) is 7.14. The molecule has 0 spiro atoms. The van der Waals surface area contributed by atoms with Gasteiger partial charge in [0.15, 0.2) is 10.9 Å². The molecule has 26 heavy (non-hydrogen) atoms. The van der Waals surface area contributed by atoms with Gasteiger partial charge in [0.05, 0.1) is 0 Å². The number of ether oxygens (including phenoxy) is 1. The Bertz CT molecular complexity index is 697. The predicted molar refractivity (Wildman–Crippen MR) is 109 cm³/mol. The van der Waals surface area contributed by atoms with Crippen LogP contribution < -0.4 is 4.74 Å². The number of benzene rings is 1. The Labute approximate surface area is 164 Å². The third-order valence-corrected chi connectivity index (χ3v) is 5.08. The number of hydrogen-bond donors (Lipinski definition) is 0. The average molecular weight is 393 g/mol. The first kappa shape index (κ1) is 20.7. The highest BCUT2D eigenvalue weighted by atomic mass is 35.5. The van der Waals surface area contributed by atoms with Crippen molar-refractivity contribution >= 4 is 28.7 Å². The SMILES string of the molecule is CCCCCCCC(C)SC(=O)Oc1cc(Cl)nnc1-c1ccccc1. The fraction of sp³-hybridized carbons (Fsp3) is 0.450. The number of halogens is 1. The molecule has 1 aromatic carbocycles. The quantitative estimate of drug-likeness (QED) is 0.347. The van der Waals surface area contributed by atoms with Crippen LogP contribution in [0.15, 0.2) is 36.4 Å². The Morgan fingerprint density at radius 2 is 1.88 bits per heavy atom. The summed E-state index contributed by atoms with van der Waals surface area (Å²) in [6.45, 7) is 4.26. The Kier molecular flexibility index (Phi) is 8.92. The summed E-state index contributed by atoms with van der Waals surface area (Å²) in [7, 11) is 0. The van der Waals surface area contributed by atoms with Crippen LogP contribution in [0.2, 0.25) is 5.15 Å². The lowest BCUT2D eigenvalue weighted by molar-refractivity contribution is 0.227. The third-order valence-electron chi connectivity index (χ3n) is 3.98. The molecule has 1 unspecified atom stereocenters. The minimum Gasteiger partial charge on any atom is -0.416 e. The fourth-order valence-corrected chi connectivity index (χ4v) is 3.49. The van der Waals surface area contributed by atoms with Crippen molar-refractivity contribution in [3.05, 3.63) is 41.6 Å². The van der Waals surface area contributed by atoms with Gasteiger partial charge in [0, 0.05) is 16.9 Å². The topological polar surface area (TPSA) is 52.1 Å². The zero-order valence-corrected chi connectivity index (χ0v) is 16.9. The summed E-state index contributed by atoms with van der Waals surface area (Å²) in [5.41, 5.74) is 1.34. The Morgan fingerprint density at radius 3 is 2.62 bits per heavy atom. The van der Waals surface area contributed by atoms with E-state index in [2.05, 4.69) is 24.0 Å². The van der Waals surface area contributed by atoms with Gasteiger partial charge in [-0.3, -0.25) is 0 Å². The van der Waals surface area contributed by atoms with Gasteiger partial charge >= 0.3 is 5.30 Å². The van der Waals surface area contributed by atoms with Gasteiger partial charge in [-0.05, 0) is 18.2 Å². The maximum absolute atomic E-state index is 12.3. The van der Waals surface area contributed by atoms with Gasteiger partial charge in [-0.1, -0.05) is 87.9 Å². The van der Waals surface area contributed by atoms with Gasteiger partial charge in [0.25, 0.3) is 0 Å². The largest absolute Gasteiger partial charge is 0.416 e. The van der Waals surface area contributed by atoms with Crippen LogP contribution in [-0.4, -0.2) is 20.7 Å². The number of rotatable bonds is 9. The van der Waals surface area contributed by atoms with E-state index in [4.69, 9.17) is 16.3 Å². The van der Waals surface area contributed by atoms with E-state index in [-0.39, 0.29) is 15.7 Å². The molecule has 0 aliphatic carbocycles. The van der Waals surface area contributed by atoms with Gasteiger partial charge in [-0.15, -0.1) is 10.2 Å². The minimum absolute atomic E-state index is 0.196. The molecular weight excluding hydrogens is 368 g/mol. The van der Waals surface area contributed by atoms with Crippen LogP contribution in [0.4, 0.5) is 4.79 Å². The van der Waals surface area contributed by atoms with Crippen molar-refractivity contribution in [3.8, 4) is 17.0 Å². The Balaban J connectivity index is 1.93. The molecule has 4 nitrogen and oxygen atoms in total. The molecular formula is C20H25ClN2O2S. The van der Waals surface area contributed by atoms with Gasteiger partial charge < -0.3 is 4.74 Å². The van der Waals surface area contributed by atoms with E-state index in [1.54, 1.807) is 0 Å². The smallest absolute Gasteiger partial charge is 0.373 e. The molecule has 0 bridgehead atoms. The van der Waals surface area contributed by atoms with Crippen LogP contribution in [0, 0.1) is 0 Å². The Morgan fingerprint density at radius 1 is 1.15 bits per heavy atom. The zero-order chi connectivity index (χ0) is 18.8. The molecule has 2 rings (SSSR count). The summed E-state index contributed by atoms with van der Waals surface area (Å²) in [5, 5.41) is 8.03. The van der Waals surface area contributed by atoms with Crippen molar-refractivity contribution in [2.75, 3.05) is 0 Å². The number of unbranched alkanes of at least 4 members (excludes halogenated alkanes) is 4.